The number of fused-ring (bicyclic) bond motifs is 1. The van der Waals surface area contributed by atoms with Crippen molar-refractivity contribution in [3.8, 4) is 0 Å². The third-order valence-electron chi connectivity index (χ3n) is 2.68. The Morgan fingerprint density at radius 1 is 1.44 bits per heavy atom. The fourth-order valence-corrected chi connectivity index (χ4v) is 2.21. The molecule has 2 aromatic rings. The van der Waals surface area contributed by atoms with E-state index in [4.69, 9.17) is 4.84 Å². The molecule has 3 rings (SSSR count). The molecule has 4 nitrogen and oxygen atoms in total. The van der Waals surface area contributed by atoms with Crippen LogP contribution in [0.25, 0.3) is 16.6 Å². The lowest BCUT2D eigenvalue weighted by molar-refractivity contribution is 0.147. The summed E-state index contributed by atoms with van der Waals surface area (Å²) >= 11 is 3.46. The summed E-state index contributed by atoms with van der Waals surface area (Å²) in [7, 11) is 0. The minimum atomic E-state index is 0.170. The average Bonchev–Trinajstić information content (AvgIpc) is 2.86. The molecular weight excluding hydrogens is 270 g/mol. The maximum atomic E-state index is 5.07. The van der Waals surface area contributed by atoms with Crippen LogP contribution in [-0.2, 0) is 4.84 Å². The maximum Gasteiger partial charge on any atom is 0.139 e. The van der Waals surface area contributed by atoms with E-state index in [1.807, 2.05) is 25.3 Å². The molecule has 0 spiro atoms. The molecule has 1 aliphatic rings. The highest BCUT2D eigenvalue weighted by Gasteiger charge is 2.18. The molecular formula is C11H10BrN3O. The van der Waals surface area contributed by atoms with Crippen molar-refractivity contribution in [2.75, 3.05) is 0 Å². The van der Waals surface area contributed by atoms with Crippen LogP contribution in [0.2, 0.25) is 0 Å². The van der Waals surface area contributed by atoms with Crippen LogP contribution in [0, 0.1) is 0 Å². The van der Waals surface area contributed by atoms with E-state index in [-0.39, 0.29) is 6.04 Å². The summed E-state index contributed by atoms with van der Waals surface area (Å²) in [6.45, 7) is 2.04. The Morgan fingerprint density at radius 3 is 3.06 bits per heavy atom. The number of hydrogen-bond acceptors (Lipinski definition) is 3. The third-order valence-corrected chi connectivity index (χ3v) is 3.34. The van der Waals surface area contributed by atoms with Crippen LogP contribution >= 0.6 is 15.9 Å². The SMILES string of the molecule is CC1NOC=C1c1ccc2c(Br)c[nH]c2n1. The van der Waals surface area contributed by atoms with Gasteiger partial charge in [0.1, 0.15) is 11.9 Å². The van der Waals surface area contributed by atoms with Crippen molar-refractivity contribution in [1.82, 2.24) is 15.4 Å². The molecule has 1 unspecified atom stereocenters. The normalized spacial score (nSPS) is 19.9. The first-order valence-corrected chi connectivity index (χ1v) is 5.80. The van der Waals surface area contributed by atoms with Gasteiger partial charge in [0.25, 0.3) is 0 Å². The van der Waals surface area contributed by atoms with Gasteiger partial charge < -0.3 is 9.82 Å². The van der Waals surface area contributed by atoms with Crippen LogP contribution in [0.4, 0.5) is 0 Å². The van der Waals surface area contributed by atoms with Crippen LogP contribution in [0.3, 0.4) is 0 Å². The highest BCUT2D eigenvalue weighted by atomic mass is 79.9. The smallest absolute Gasteiger partial charge is 0.139 e. The molecule has 5 heteroatoms. The standard InChI is InChI=1S/C11H10BrN3O/c1-6-8(5-16-15-6)10-3-2-7-9(12)4-13-11(7)14-10/h2-6,15H,1H3,(H,13,14). The molecule has 0 aromatic carbocycles. The number of rotatable bonds is 1. The van der Waals surface area contributed by atoms with Crippen molar-refractivity contribution in [3.05, 3.63) is 34.8 Å². The van der Waals surface area contributed by atoms with Gasteiger partial charge in [-0.05, 0) is 35.0 Å². The summed E-state index contributed by atoms with van der Waals surface area (Å²) in [5, 5.41) is 1.09. The molecule has 82 valence electrons. The highest BCUT2D eigenvalue weighted by Crippen LogP contribution is 2.26. The van der Waals surface area contributed by atoms with Crippen molar-refractivity contribution >= 4 is 32.5 Å². The van der Waals surface area contributed by atoms with Crippen molar-refractivity contribution in [2.45, 2.75) is 13.0 Å². The first-order chi connectivity index (χ1) is 7.75. The molecule has 0 saturated carbocycles. The molecule has 0 amide bonds. The minimum Gasteiger partial charge on any atom is -0.416 e. The van der Waals surface area contributed by atoms with Crippen molar-refractivity contribution in [2.24, 2.45) is 0 Å². The molecule has 0 aliphatic carbocycles. The fourth-order valence-electron chi connectivity index (χ4n) is 1.78. The molecule has 1 aliphatic heterocycles. The zero-order chi connectivity index (χ0) is 11.1. The van der Waals surface area contributed by atoms with Crippen LogP contribution in [0.1, 0.15) is 12.6 Å². The Kier molecular flexibility index (Phi) is 2.22. The number of aromatic nitrogens is 2. The van der Waals surface area contributed by atoms with E-state index in [1.54, 1.807) is 6.26 Å². The molecule has 0 fully saturated rings. The van der Waals surface area contributed by atoms with Crippen LogP contribution in [0.5, 0.6) is 0 Å². The lowest BCUT2D eigenvalue weighted by Gasteiger charge is -2.05. The van der Waals surface area contributed by atoms with Gasteiger partial charge in [-0.25, -0.2) is 4.98 Å². The molecule has 0 bridgehead atoms. The number of H-pyrrole nitrogens is 1. The van der Waals surface area contributed by atoms with Crippen LogP contribution in [0.15, 0.2) is 29.1 Å². The second-order valence-corrected chi connectivity index (χ2v) is 4.61. The number of aromatic amines is 1. The predicted molar refractivity (Wildman–Crippen MR) is 65.5 cm³/mol. The molecule has 2 N–H and O–H groups in total. The summed E-state index contributed by atoms with van der Waals surface area (Å²) in [5.74, 6) is 0. The van der Waals surface area contributed by atoms with Gasteiger partial charge in [0, 0.05) is 21.6 Å². The van der Waals surface area contributed by atoms with Gasteiger partial charge in [0.2, 0.25) is 0 Å². The van der Waals surface area contributed by atoms with Gasteiger partial charge >= 0.3 is 0 Å². The van der Waals surface area contributed by atoms with Crippen molar-refractivity contribution in [3.63, 3.8) is 0 Å². The zero-order valence-corrected chi connectivity index (χ0v) is 10.2. The van der Waals surface area contributed by atoms with E-state index in [9.17, 15) is 0 Å². The van der Waals surface area contributed by atoms with Gasteiger partial charge in [0.05, 0.1) is 11.7 Å². The monoisotopic (exact) mass is 279 g/mol. The lowest BCUT2D eigenvalue weighted by Crippen LogP contribution is -2.19. The summed E-state index contributed by atoms with van der Waals surface area (Å²) in [6.07, 6.45) is 3.60. The predicted octanol–water partition coefficient (Wildman–Crippen LogP) is 2.59. The first-order valence-electron chi connectivity index (χ1n) is 5.01. The minimum absolute atomic E-state index is 0.170. The number of halogens is 1. The second-order valence-electron chi connectivity index (χ2n) is 3.76. The average molecular weight is 280 g/mol. The van der Waals surface area contributed by atoms with E-state index < -0.39 is 0 Å². The Bertz CT molecular complexity index is 576. The van der Waals surface area contributed by atoms with Crippen LogP contribution < -0.4 is 5.48 Å². The number of pyridine rings is 1. The quantitative estimate of drug-likeness (QED) is 0.844. The molecule has 16 heavy (non-hydrogen) atoms. The largest absolute Gasteiger partial charge is 0.416 e. The van der Waals surface area contributed by atoms with E-state index in [1.165, 1.54) is 0 Å². The van der Waals surface area contributed by atoms with E-state index in [0.717, 1.165) is 26.8 Å². The van der Waals surface area contributed by atoms with E-state index >= 15 is 0 Å². The van der Waals surface area contributed by atoms with Gasteiger partial charge in [-0.2, -0.15) is 5.48 Å². The maximum absolute atomic E-state index is 5.07. The molecule has 1 atom stereocenters. The van der Waals surface area contributed by atoms with Gasteiger partial charge in [-0.15, -0.1) is 0 Å². The highest BCUT2D eigenvalue weighted by molar-refractivity contribution is 9.10. The Morgan fingerprint density at radius 2 is 2.31 bits per heavy atom. The Balaban J connectivity index is 2.12. The zero-order valence-electron chi connectivity index (χ0n) is 8.62. The molecule has 2 aromatic heterocycles. The Labute approximate surface area is 101 Å². The number of hydroxylamine groups is 1. The first kappa shape index (κ1) is 9.86. The number of nitrogens with one attached hydrogen (secondary N) is 2. The summed E-state index contributed by atoms with van der Waals surface area (Å²) in [5.41, 5.74) is 5.74. The number of hydrogen-bond donors (Lipinski definition) is 2. The summed E-state index contributed by atoms with van der Waals surface area (Å²) < 4.78 is 1.03. The summed E-state index contributed by atoms with van der Waals surface area (Å²) in [6, 6.07) is 4.22. The second kappa shape index (κ2) is 3.61. The van der Waals surface area contributed by atoms with Gasteiger partial charge in [-0.1, -0.05) is 0 Å². The Hall–Kier alpha value is -1.33. The topological polar surface area (TPSA) is 49.9 Å². The van der Waals surface area contributed by atoms with Crippen LogP contribution in [-0.4, -0.2) is 16.0 Å². The fraction of sp³-hybridized carbons (Fsp3) is 0.182. The molecule has 3 heterocycles. The van der Waals surface area contributed by atoms with Gasteiger partial charge in [-0.3, -0.25) is 0 Å². The molecule has 0 saturated heterocycles. The van der Waals surface area contributed by atoms with E-state index in [0.29, 0.717) is 0 Å². The lowest BCUT2D eigenvalue weighted by atomic mass is 10.1. The van der Waals surface area contributed by atoms with E-state index in [2.05, 4.69) is 31.4 Å². The van der Waals surface area contributed by atoms with Crippen molar-refractivity contribution in [1.29, 1.82) is 0 Å². The van der Waals surface area contributed by atoms with Crippen molar-refractivity contribution < 1.29 is 4.84 Å². The summed E-state index contributed by atoms with van der Waals surface area (Å²) in [4.78, 5) is 12.7. The third kappa shape index (κ3) is 1.44. The molecule has 0 radical (unpaired) electrons. The van der Waals surface area contributed by atoms with Gasteiger partial charge in [0.15, 0.2) is 0 Å². The number of nitrogens with zero attached hydrogens (tertiary/aromatic N) is 1.